The van der Waals surface area contributed by atoms with Crippen LogP contribution >= 0.6 is 23.2 Å². The summed E-state index contributed by atoms with van der Waals surface area (Å²) < 4.78 is 34.6. The number of nitrogens with zero attached hydrogens (tertiary/aromatic N) is 2. The van der Waals surface area contributed by atoms with Crippen LogP contribution in [-0.2, 0) is 20.8 Å². The fourth-order valence-corrected chi connectivity index (χ4v) is 5.11. The lowest BCUT2D eigenvalue weighted by Crippen LogP contribution is -2.60. The summed E-state index contributed by atoms with van der Waals surface area (Å²) in [5.74, 6) is -12.0. The van der Waals surface area contributed by atoms with Crippen molar-refractivity contribution in [3.8, 4) is 17.2 Å². The summed E-state index contributed by atoms with van der Waals surface area (Å²) in [5.41, 5.74) is -1.87. The minimum atomic E-state index is -2.15. The van der Waals surface area contributed by atoms with Crippen molar-refractivity contribution < 1.29 is 57.8 Å². The number of fused-ring (bicyclic) bond motifs is 1. The van der Waals surface area contributed by atoms with Crippen molar-refractivity contribution in [2.45, 2.75) is 25.3 Å². The zero-order valence-electron chi connectivity index (χ0n) is 21.9. The highest BCUT2D eigenvalue weighted by atomic mass is 35.5. The number of urea groups is 1. The van der Waals surface area contributed by atoms with Crippen LogP contribution in [0.2, 0.25) is 10.0 Å². The number of imide groups is 1. The van der Waals surface area contributed by atoms with Gasteiger partial charge in [0, 0.05) is 31.3 Å². The van der Waals surface area contributed by atoms with Gasteiger partial charge in [0.2, 0.25) is 5.91 Å². The molecule has 19 heteroatoms. The van der Waals surface area contributed by atoms with E-state index in [-0.39, 0.29) is 25.2 Å². The molecule has 2 atom stereocenters. The molecule has 228 valence electrons. The molecule has 0 spiro atoms. The summed E-state index contributed by atoms with van der Waals surface area (Å²) in [6.07, 6.45) is -0.397. The first-order chi connectivity index (χ1) is 20.2. The molecule has 4 rings (SSSR count). The third-order valence-electron chi connectivity index (χ3n) is 6.78. The second-order valence-electron chi connectivity index (χ2n) is 9.35. The number of hydrogen-bond donors (Lipinski definition) is 6. The number of likely N-dealkylation sites (N-methyl/N-ethyl adjacent to an activating group) is 1. The molecule has 0 radical (unpaired) electrons. The van der Waals surface area contributed by atoms with E-state index in [0.717, 1.165) is 6.07 Å². The Kier molecular flexibility index (Phi) is 8.89. The average Bonchev–Trinajstić information content (AvgIpc) is 2.94. The molecule has 14 nitrogen and oxygen atoms in total. The Morgan fingerprint density at radius 3 is 2.47 bits per heavy atom. The van der Waals surface area contributed by atoms with E-state index < -0.39 is 105 Å². The molecule has 5 amide bonds. The minimum absolute atomic E-state index is 0.0348. The number of hydrogen-bond acceptors (Lipinski definition) is 9. The van der Waals surface area contributed by atoms with Crippen LogP contribution in [0.1, 0.15) is 34.5 Å². The van der Waals surface area contributed by atoms with Gasteiger partial charge in [-0.2, -0.15) is 0 Å². The number of carbonyl (C=O) groups is 5. The van der Waals surface area contributed by atoms with Gasteiger partial charge in [-0.3, -0.25) is 19.3 Å². The highest BCUT2D eigenvalue weighted by Gasteiger charge is 2.43. The number of benzene rings is 2. The Labute approximate surface area is 250 Å². The molecule has 6 N–H and O–H groups in total. The van der Waals surface area contributed by atoms with E-state index in [0.29, 0.717) is 11.0 Å². The number of carboxylic acids is 1. The van der Waals surface area contributed by atoms with Crippen LogP contribution in [0.5, 0.6) is 17.2 Å². The van der Waals surface area contributed by atoms with E-state index in [1.165, 1.54) is 4.90 Å². The maximum absolute atomic E-state index is 15.1. The van der Waals surface area contributed by atoms with Gasteiger partial charge in [0.1, 0.15) is 23.2 Å². The largest absolute Gasteiger partial charge is 0.547 e. The normalized spacial score (nSPS) is 17.3. The lowest BCUT2D eigenvalue weighted by Gasteiger charge is -2.33. The molecular formula is C24H21BCl2F2N4O10. The molecule has 0 bridgehead atoms. The number of piperazine rings is 1. The number of aromatic hydroxyl groups is 2. The molecule has 2 aliphatic heterocycles. The fraction of sp³-hybridized carbons (Fsp3) is 0.292. The number of aromatic carboxylic acids is 1. The molecule has 0 saturated carbocycles. The maximum atomic E-state index is 15.1. The van der Waals surface area contributed by atoms with Crippen molar-refractivity contribution in [3.63, 3.8) is 0 Å². The van der Waals surface area contributed by atoms with Crippen LogP contribution in [0.25, 0.3) is 0 Å². The van der Waals surface area contributed by atoms with E-state index in [2.05, 4.69) is 10.6 Å². The van der Waals surface area contributed by atoms with E-state index in [9.17, 15) is 48.7 Å². The molecule has 2 heterocycles. The van der Waals surface area contributed by atoms with Gasteiger partial charge in [-0.1, -0.05) is 23.2 Å². The number of halogens is 4. The van der Waals surface area contributed by atoms with Gasteiger partial charge in [-0.05, 0) is 25.0 Å². The average molecular weight is 645 g/mol. The lowest BCUT2D eigenvalue weighted by molar-refractivity contribution is -0.153. The second kappa shape index (κ2) is 12.1. The number of phenols is 2. The van der Waals surface area contributed by atoms with Crippen LogP contribution in [0, 0.1) is 11.6 Å². The van der Waals surface area contributed by atoms with Crippen molar-refractivity contribution in [3.05, 3.63) is 50.5 Å². The van der Waals surface area contributed by atoms with Crippen LogP contribution in [0.3, 0.4) is 0 Å². The Morgan fingerprint density at radius 1 is 1.16 bits per heavy atom. The van der Waals surface area contributed by atoms with E-state index in [1.807, 2.05) is 0 Å². The second-order valence-corrected chi connectivity index (χ2v) is 10.1. The Balaban J connectivity index is 1.67. The number of rotatable bonds is 6. The van der Waals surface area contributed by atoms with Crippen molar-refractivity contribution in [1.82, 2.24) is 20.4 Å². The number of carbonyl (C=O) groups excluding carboxylic acids is 4. The molecule has 2 unspecified atom stereocenters. The molecule has 0 aromatic heterocycles. The van der Waals surface area contributed by atoms with Gasteiger partial charge in [0.15, 0.2) is 17.3 Å². The smallest absolute Gasteiger partial charge is 0.534 e. The third kappa shape index (κ3) is 5.82. The molecule has 0 aliphatic carbocycles. The van der Waals surface area contributed by atoms with Crippen LogP contribution in [0.15, 0.2) is 12.1 Å². The molecule has 1 fully saturated rings. The SMILES string of the molecule is CCN1CCN(C(=O)NC(C(=O)NC2Cc3cc(Cl)c(F)c(C(=O)O)c3OB2O)c2c(F)cc(O)c(O)c2Cl)C(=O)C1=O. The molecule has 2 aromatic rings. The van der Waals surface area contributed by atoms with Gasteiger partial charge in [0.05, 0.1) is 16.0 Å². The highest BCUT2D eigenvalue weighted by molar-refractivity contribution is 6.47. The summed E-state index contributed by atoms with van der Waals surface area (Å²) in [4.78, 5) is 64.6. The van der Waals surface area contributed by atoms with Crippen LogP contribution in [-0.4, -0.2) is 92.6 Å². The third-order valence-corrected chi connectivity index (χ3v) is 7.43. The monoisotopic (exact) mass is 644 g/mol. The zero-order chi connectivity index (χ0) is 31.9. The van der Waals surface area contributed by atoms with Gasteiger partial charge in [-0.25, -0.2) is 18.4 Å². The number of carboxylic acid groups (broad SMARTS) is 1. The molecular weight excluding hydrogens is 624 g/mol. The number of amides is 5. The van der Waals surface area contributed by atoms with Gasteiger partial charge in [-0.15, -0.1) is 0 Å². The van der Waals surface area contributed by atoms with E-state index >= 15 is 4.39 Å². The first-order valence-electron chi connectivity index (χ1n) is 12.4. The summed E-state index contributed by atoms with van der Waals surface area (Å²) in [6.45, 7) is 1.47. The lowest BCUT2D eigenvalue weighted by atomic mass is 9.72. The Morgan fingerprint density at radius 2 is 1.84 bits per heavy atom. The predicted molar refractivity (Wildman–Crippen MR) is 143 cm³/mol. The zero-order valence-corrected chi connectivity index (χ0v) is 23.4. The van der Waals surface area contributed by atoms with Gasteiger partial charge < -0.3 is 40.5 Å². The summed E-state index contributed by atoms with van der Waals surface area (Å²) in [6, 6.07) is -2.07. The first kappa shape index (κ1) is 31.6. The van der Waals surface area contributed by atoms with Gasteiger partial charge in [0.25, 0.3) is 0 Å². The first-order valence-corrected chi connectivity index (χ1v) is 13.1. The molecule has 2 aromatic carbocycles. The topological polar surface area (TPSA) is 206 Å². The number of nitrogens with one attached hydrogen (secondary N) is 2. The molecule has 1 saturated heterocycles. The van der Waals surface area contributed by atoms with Crippen LogP contribution in [0.4, 0.5) is 13.6 Å². The molecule has 43 heavy (non-hydrogen) atoms. The highest BCUT2D eigenvalue weighted by Crippen LogP contribution is 2.41. The Bertz CT molecular complexity index is 1560. The van der Waals surface area contributed by atoms with E-state index in [1.54, 1.807) is 6.92 Å². The predicted octanol–water partition coefficient (Wildman–Crippen LogP) is 0.962. The van der Waals surface area contributed by atoms with Crippen molar-refractivity contribution in [2.75, 3.05) is 19.6 Å². The summed E-state index contributed by atoms with van der Waals surface area (Å²) >= 11 is 11.8. The fourth-order valence-electron chi connectivity index (χ4n) is 4.58. The summed E-state index contributed by atoms with van der Waals surface area (Å²) in [5, 5.41) is 42.6. The maximum Gasteiger partial charge on any atom is 0.547 e. The summed E-state index contributed by atoms with van der Waals surface area (Å²) in [7, 11) is -2.00. The van der Waals surface area contributed by atoms with Gasteiger partial charge >= 0.3 is 30.9 Å². The Hall–Kier alpha value is -4.35. The van der Waals surface area contributed by atoms with Crippen LogP contribution < -0.4 is 15.3 Å². The van der Waals surface area contributed by atoms with Crippen molar-refractivity contribution in [1.29, 1.82) is 0 Å². The standard InChI is InChI=1S/C24H21BCl2F2N4O10/c1-2-32-3-4-33(22(38)21(32)37)24(41)31-17(13-10(28)7-11(34)18(35)15(13)27)20(36)30-12-6-8-5-9(26)16(29)14(23(39)40)19(8)43-25(12)42/h5,7,12,17,34-35,42H,2-4,6H2,1H3,(H,30,36)(H,31,41)(H,39,40). The van der Waals surface area contributed by atoms with E-state index in [4.69, 9.17) is 27.9 Å². The number of phenolic OH excluding ortho intramolecular Hbond substituents is 2. The van der Waals surface area contributed by atoms with Crippen molar-refractivity contribution >= 4 is 60.0 Å². The molecule has 2 aliphatic rings. The quantitative estimate of drug-likeness (QED) is 0.149. The van der Waals surface area contributed by atoms with Crippen molar-refractivity contribution in [2.24, 2.45) is 0 Å². The minimum Gasteiger partial charge on any atom is -0.534 e.